The number of hydrogen-bond donors (Lipinski definition) is 0. The van der Waals surface area contributed by atoms with E-state index in [4.69, 9.17) is 0 Å². The summed E-state index contributed by atoms with van der Waals surface area (Å²) in [6.07, 6.45) is 5.48. The van der Waals surface area contributed by atoms with Gasteiger partial charge < -0.3 is 9.80 Å². The van der Waals surface area contributed by atoms with E-state index in [1.165, 1.54) is 33.5 Å². The molecule has 0 amide bonds. The van der Waals surface area contributed by atoms with E-state index in [1.807, 2.05) is 0 Å². The Labute approximate surface area is 239 Å². The van der Waals surface area contributed by atoms with Crippen LogP contribution in [0.1, 0.15) is 77.2 Å². The van der Waals surface area contributed by atoms with Gasteiger partial charge in [-0.05, 0) is 78.7 Å². The standard InChI is InChI=1S/C37H40N2O/c1-3-22-38(23-4-2)33-24-29-26-39(35-21-20-28(27-40)34(25-33)36(29)35)37(30-14-8-5-9-15-30,31-16-10-6-11-17-31)32-18-12-7-13-19-32/h5-21,27,29,33H,3-4,22-26H2,1-2H3/t29-,33-/m0/s1. The molecule has 1 aliphatic carbocycles. The van der Waals surface area contributed by atoms with Gasteiger partial charge in [0.05, 0.1) is 0 Å². The summed E-state index contributed by atoms with van der Waals surface area (Å²) in [5, 5.41) is 0. The van der Waals surface area contributed by atoms with Crippen molar-refractivity contribution < 1.29 is 4.79 Å². The number of carbonyl (C=O) groups excluding carboxylic acids is 1. The lowest BCUT2D eigenvalue weighted by Crippen LogP contribution is -2.48. The largest absolute Gasteiger partial charge is 0.353 e. The third-order valence-corrected chi connectivity index (χ3v) is 9.11. The smallest absolute Gasteiger partial charge is 0.150 e. The highest BCUT2D eigenvalue weighted by molar-refractivity contribution is 5.83. The third kappa shape index (κ3) is 4.37. The molecule has 1 heterocycles. The zero-order valence-electron chi connectivity index (χ0n) is 23.8. The first-order valence-electron chi connectivity index (χ1n) is 15.0. The van der Waals surface area contributed by atoms with Crippen LogP contribution in [0.4, 0.5) is 5.69 Å². The van der Waals surface area contributed by atoms with Crippen LogP contribution in [0.3, 0.4) is 0 Å². The van der Waals surface area contributed by atoms with Crippen molar-refractivity contribution in [1.82, 2.24) is 4.90 Å². The lowest BCUT2D eigenvalue weighted by atomic mass is 9.75. The summed E-state index contributed by atoms with van der Waals surface area (Å²) in [5.41, 5.74) is 8.10. The van der Waals surface area contributed by atoms with Gasteiger partial charge in [-0.1, -0.05) is 105 Å². The number of aldehydes is 1. The Morgan fingerprint density at radius 2 is 1.30 bits per heavy atom. The van der Waals surface area contributed by atoms with Crippen LogP contribution in [0.2, 0.25) is 0 Å². The lowest BCUT2D eigenvalue weighted by Gasteiger charge is -2.45. The van der Waals surface area contributed by atoms with E-state index in [9.17, 15) is 4.79 Å². The number of anilines is 1. The van der Waals surface area contributed by atoms with Crippen LogP contribution in [-0.2, 0) is 12.0 Å². The molecule has 1 aliphatic heterocycles. The van der Waals surface area contributed by atoms with Gasteiger partial charge in [0.1, 0.15) is 11.8 Å². The van der Waals surface area contributed by atoms with Crippen molar-refractivity contribution in [3.05, 3.63) is 137 Å². The number of nitrogens with zero attached hydrogens (tertiary/aromatic N) is 2. The summed E-state index contributed by atoms with van der Waals surface area (Å²) in [6, 6.07) is 37.7. The quantitative estimate of drug-likeness (QED) is 0.155. The molecule has 0 N–H and O–H groups in total. The van der Waals surface area contributed by atoms with Gasteiger partial charge >= 0.3 is 0 Å². The molecule has 2 aliphatic rings. The first kappa shape index (κ1) is 26.5. The van der Waals surface area contributed by atoms with Gasteiger partial charge in [0.15, 0.2) is 0 Å². The number of benzene rings is 4. The van der Waals surface area contributed by atoms with Gasteiger partial charge in [-0.15, -0.1) is 0 Å². The van der Waals surface area contributed by atoms with Gasteiger partial charge in [-0.25, -0.2) is 0 Å². The molecular formula is C37H40N2O. The Kier molecular flexibility index (Phi) is 7.58. The number of carbonyl (C=O) groups is 1. The van der Waals surface area contributed by atoms with E-state index in [0.29, 0.717) is 12.0 Å². The Morgan fingerprint density at radius 1 is 0.775 bits per heavy atom. The second kappa shape index (κ2) is 11.4. The third-order valence-electron chi connectivity index (χ3n) is 9.11. The van der Waals surface area contributed by atoms with E-state index in [-0.39, 0.29) is 0 Å². The molecule has 3 heteroatoms. The summed E-state index contributed by atoms with van der Waals surface area (Å²) in [4.78, 5) is 17.7. The highest BCUT2D eigenvalue weighted by Crippen LogP contribution is 2.54. The Bertz CT molecular complexity index is 1330. The second-order valence-electron chi connectivity index (χ2n) is 11.4. The first-order chi connectivity index (χ1) is 19.7. The molecule has 0 radical (unpaired) electrons. The summed E-state index contributed by atoms with van der Waals surface area (Å²) < 4.78 is 0. The van der Waals surface area contributed by atoms with Crippen LogP contribution in [0.5, 0.6) is 0 Å². The maximum absolute atomic E-state index is 12.4. The molecule has 0 saturated carbocycles. The predicted molar refractivity (Wildman–Crippen MR) is 165 cm³/mol. The maximum Gasteiger partial charge on any atom is 0.150 e. The van der Waals surface area contributed by atoms with Gasteiger partial charge in [0.2, 0.25) is 0 Å². The molecule has 3 nitrogen and oxygen atoms in total. The summed E-state index contributed by atoms with van der Waals surface area (Å²) in [7, 11) is 0. The van der Waals surface area contributed by atoms with Crippen LogP contribution in [-0.4, -0.2) is 36.9 Å². The van der Waals surface area contributed by atoms with Gasteiger partial charge in [-0.3, -0.25) is 4.79 Å². The van der Waals surface area contributed by atoms with Crippen LogP contribution < -0.4 is 4.90 Å². The van der Waals surface area contributed by atoms with E-state index in [2.05, 4.69) is 127 Å². The number of hydrogen-bond acceptors (Lipinski definition) is 3. The van der Waals surface area contributed by atoms with Crippen molar-refractivity contribution in [3.8, 4) is 0 Å². The van der Waals surface area contributed by atoms with E-state index in [0.717, 1.165) is 57.2 Å². The molecule has 0 unspecified atom stereocenters. The molecule has 0 bridgehead atoms. The zero-order chi connectivity index (χ0) is 27.5. The van der Waals surface area contributed by atoms with Crippen LogP contribution in [0.15, 0.2) is 103 Å². The van der Waals surface area contributed by atoms with E-state index < -0.39 is 5.54 Å². The molecule has 4 aromatic rings. The molecule has 0 aromatic heterocycles. The van der Waals surface area contributed by atoms with Crippen molar-refractivity contribution in [2.24, 2.45) is 0 Å². The van der Waals surface area contributed by atoms with Crippen molar-refractivity contribution in [1.29, 1.82) is 0 Å². The highest BCUT2D eigenvalue weighted by Gasteiger charge is 2.49. The Hall–Kier alpha value is -3.69. The molecule has 0 spiro atoms. The van der Waals surface area contributed by atoms with Crippen molar-refractivity contribution in [2.75, 3.05) is 24.5 Å². The molecule has 40 heavy (non-hydrogen) atoms. The van der Waals surface area contributed by atoms with Crippen molar-refractivity contribution in [2.45, 2.75) is 57.0 Å². The fourth-order valence-corrected chi connectivity index (χ4v) is 7.60. The topological polar surface area (TPSA) is 23.6 Å². The summed E-state index contributed by atoms with van der Waals surface area (Å²) >= 11 is 0. The fraction of sp³-hybridized carbons (Fsp3) is 0.324. The fourth-order valence-electron chi connectivity index (χ4n) is 7.60. The van der Waals surface area contributed by atoms with E-state index >= 15 is 0 Å². The lowest BCUT2D eigenvalue weighted by molar-refractivity contribution is 0.112. The summed E-state index contributed by atoms with van der Waals surface area (Å²) in [6.45, 7) is 7.70. The highest BCUT2D eigenvalue weighted by atomic mass is 16.1. The molecule has 6 rings (SSSR count). The molecule has 0 saturated heterocycles. The monoisotopic (exact) mass is 528 g/mol. The molecule has 2 atom stereocenters. The zero-order valence-corrected chi connectivity index (χ0v) is 23.8. The minimum Gasteiger partial charge on any atom is -0.353 e. The first-order valence-corrected chi connectivity index (χ1v) is 15.0. The van der Waals surface area contributed by atoms with E-state index in [1.54, 1.807) is 0 Å². The maximum atomic E-state index is 12.4. The van der Waals surface area contributed by atoms with Crippen molar-refractivity contribution >= 4 is 12.0 Å². The average molecular weight is 529 g/mol. The molecule has 0 fully saturated rings. The number of rotatable bonds is 10. The minimum atomic E-state index is -0.500. The van der Waals surface area contributed by atoms with Gasteiger partial charge in [0.25, 0.3) is 0 Å². The minimum absolute atomic E-state index is 0.385. The SMILES string of the molecule is CCCN(CCC)[C@@H]1Cc2c(C=O)ccc3c2[C@@H](C1)CN3C(c1ccccc1)(c1ccccc1)c1ccccc1. The summed E-state index contributed by atoms with van der Waals surface area (Å²) in [5.74, 6) is 0.385. The second-order valence-corrected chi connectivity index (χ2v) is 11.4. The van der Waals surface area contributed by atoms with Crippen LogP contribution in [0, 0.1) is 0 Å². The predicted octanol–water partition coefficient (Wildman–Crippen LogP) is 7.83. The molecule has 204 valence electrons. The Balaban J connectivity index is 1.57. The van der Waals surface area contributed by atoms with Gasteiger partial charge in [-0.2, -0.15) is 0 Å². The molecule has 4 aromatic carbocycles. The van der Waals surface area contributed by atoms with Crippen LogP contribution >= 0.6 is 0 Å². The molecular weight excluding hydrogens is 488 g/mol. The van der Waals surface area contributed by atoms with Crippen LogP contribution in [0.25, 0.3) is 0 Å². The van der Waals surface area contributed by atoms with Crippen molar-refractivity contribution in [3.63, 3.8) is 0 Å². The Morgan fingerprint density at radius 3 is 1.77 bits per heavy atom. The normalized spacial score (nSPS) is 18.1. The van der Waals surface area contributed by atoms with Gasteiger partial charge in [0, 0.05) is 29.8 Å². The average Bonchev–Trinajstić information content (AvgIpc) is 3.39.